The number of ether oxygens (including phenoxy) is 24. The molecule has 22 aliphatic heterocycles. The lowest BCUT2D eigenvalue weighted by Crippen LogP contribution is -2.70. The first-order valence-electron chi connectivity index (χ1n) is 25.7. The first kappa shape index (κ1) is 64.4. The minimum atomic E-state index is -1.37. The average Bonchev–Trinajstić information content (AvgIpc) is 3.57. The maximum atomic E-state index is 11.0. The molecule has 0 aliphatic carbocycles. The zero-order chi connectivity index (χ0) is 56.5. The van der Waals surface area contributed by atoms with E-state index in [4.69, 9.17) is 114 Å². The molecule has 30 nitrogen and oxygen atoms in total. The van der Waals surface area contributed by atoms with Crippen molar-refractivity contribution in [3.05, 3.63) is 0 Å². The summed E-state index contributed by atoms with van der Waals surface area (Å²) in [4.78, 5) is 0. The Balaban J connectivity index is 1.31. The molecule has 12 bridgehead atoms. The van der Waals surface area contributed by atoms with Crippen LogP contribution in [0.5, 0.6) is 0 Å². The van der Waals surface area contributed by atoms with Crippen molar-refractivity contribution in [1.82, 2.24) is 0 Å². The van der Waals surface area contributed by atoms with E-state index in [9.17, 15) is 30.6 Å². The number of aliphatic hydroxyl groups excluding tert-OH is 6. The maximum Gasteiger partial charge on any atom is 0.187 e. The second-order valence-corrected chi connectivity index (χ2v) is 19.4. The van der Waals surface area contributed by atoms with Crippen molar-refractivity contribution >= 4 is 0 Å². The van der Waals surface area contributed by atoms with Crippen molar-refractivity contribution in [2.24, 2.45) is 0 Å². The van der Waals surface area contributed by atoms with E-state index in [0.29, 0.717) is 0 Å². The largest absolute Gasteiger partial charge is 0.394 e. The van der Waals surface area contributed by atoms with Crippen molar-refractivity contribution < 1.29 is 144 Å². The van der Waals surface area contributed by atoms with E-state index in [0.717, 1.165) is 0 Å². The quantitative estimate of drug-likeness (QED) is 0.0747. The first-order valence-corrected chi connectivity index (χ1v) is 25.7. The molecule has 30 atom stereocenters. The Kier molecular flexibility index (Phi) is 24.8. The molecule has 22 fully saturated rings. The molecule has 22 aliphatic rings. The van der Waals surface area contributed by atoms with Gasteiger partial charge in [0.25, 0.3) is 0 Å². The van der Waals surface area contributed by atoms with Crippen LogP contribution in [0, 0.1) is 0 Å². The van der Waals surface area contributed by atoms with E-state index in [2.05, 4.69) is 0 Å². The van der Waals surface area contributed by atoms with E-state index in [-0.39, 0.29) is 0 Å². The summed E-state index contributed by atoms with van der Waals surface area (Å²) < 4.78 is 150. The summed E-state index contributed by atoms with van der Waals surface area (Å²) in [5.74, 6) is 0. The van der Waals surface area contributed by atoms with Crippen molar-refractivity contribution in [3.8, 4) is 0 Å². The van der Waals surface area contributed by atoms with E-state index < -0.39 is 224 Å². The fourth-order valence-electron chi connectivity index (χ4n) is 11.8. The highest BCUT2D eigenvalue weighted by Crippen LogP contribution is 2.41. The molecular weight excluding hydrogens is 1060 g/mol. The second-order valence-electron chi connectivity index (χ2n) is 19.4. The van der Waals surface area contributed by atoms with Gasteiger partial charge < -0.3 is 144 Å². The SMILES string of the molecule is CO[C@@H]1[C@@H](OC)[C@H]2O[C@H]3[C@H](OC)[C@@H](OC)[C@@H](O[C@H]4[C@H](OC)[C@@H](OC)[C@@H](O[C@H]5[C@H](OC)[C@@H](OC)[C@@H](O[C@H]6[C@H](OC)[C@@H](OC)[C@@H](O[C@H]7[C@H](OC)[C@@H](OC)[C@@H](O[C@@H]1[C@@H](CO)O2)O[C@@H]7CO)O[C@@H]6CO)O[C@@H]5CO)O[C@@H]4CO)O[C@@H]3CO. The van der Waals surface area contributed by atoms with Gasteiger partial charge in [0.05, 0.1) is 39.6 Å². The van der Waals surface area contributed by atoms with Crippen LogP contribution in [0.1, 0.15) is 0 Å². The summed E-state index contributed by atoms with van der Waals surface area (Å²) in [7, 11) is 16.7. The Morgan fingerprint density at radius 1 is 0.192 bits per heavy atom. The van der Waals surface area contributed by atoms with Crippen LogP contribution >= 0.6 is 0 Å². The predicted molar refractivity (Wildman–Crippen MR) is 253 cm³/mol. The zero-order valence-electron chi connectivity index (χ0n) is 46.0. The van der Waals surface area contributed by atoms with Crippen molar-refractivity contribution in [2.75, 3.05) is 125 Å². The molecule has 78 heavy (non-hydrogen) atoms. The molecule has 0 amide bonds. The van der Waals surface area contributed by atoms with Crippen LogP contribution in [0.15, 0.2) is 0 Å². The van der Waals surface area contributed by atoms with E-state index in [1.165, 1.54) is 85.3 Å². The molecule has 6 N–H and O–H groups in total. The lowest BCUT2D eigenvalue weighted by molar-refractivity contribution is -0.409. The predicted octanol–water partition coefficient (Wildman–Crippen LogP) is -5.21. The third-order valence-electron chi connectivity index (χ3n) is 15.6. The Hall–Kier alpha value is -1.20. The Morgan fingerprint density at radius 3 is 0.397 bits per heavy atom. The fraction of sp³-hybridized carbons (Fsp3) is 1.00. The standard InChI is InChI=1S/C48H84O30/c1-55-31-25-19(13-49)67-43(37(31)61-7)74-26-20(14-50)69-45(39(63-9)32(26)56-2)76-28-22(16-52)71-47(41(65-11)34(28)58-4)78-30-24(18-54)72-48(42(66-12)36(30)60-6)77-29-23(17-53)70-46(40(64-10)35(29)59-5)75-27-21(15-51)68-44(73-25)38(62-8)33(27)57-3/h19-54H,13-18H2,1-12H3/t19-,20-,21-,22-,23-,24-,25-,26-,27-,28-,29-,30-,31+,32+,33+,34+,35+,36+,37-,38-,39-,40-,41-,42-,43-,44-,45-,46-,47-,48-/m1/s1. The summed E-state index contributed by atoms with van der Waals surface area (Å²) in [6.45, 7) is -3.93. The van der Waals surface area contributed by atoms with Gasteiger partial charge in [0.1, 0.15) is 146 Å². The van der Waals surface area contributed by atoms with Gasteiger partial charge in [-0.2, -0.15) is 0 Å². The smallest absolute Gasteiger partial charge is 0.187 e. The van der Waals surface area contributed by atoms with Gasteiger partial charge >= 0.3 is 0 Å². The summed E-state index contributed by atoms with van der Waals surface area (Å²) in [6, 6.07) is 0. The number of methoxy groups -OCH3 is 12. The topological polar surface area (TPSA) is 343 Å². The van der Waals surface area contributed by atoms with Crippen LogP contribution in [-0.4, -0.2) is 340 Å². The van der Waals surface area contributed by atoms with Gasteiger partial charge in [-0.1, -0.05) is 0 Å². The highest BCUT2D eigenvalue weighted by Gasteiger charge is 2.61. The average molecular weight is 1140 g/mol. The number of hydrogen-bond acceptors (Lipinski definition) is 30. The lowest BCUT2D eigenvalue weighted by atomic mass is 9.94. The maximum absolute atomic E-state index is 11.0. The fourth-order valence-corrected chi connectivity index (χ4v) is 11.8. The molecule has 0 aromatic heterocycles. The molecule has 22 rings (SSSR count). The third-order valence-corrected chi connectivity index (χ3v) is 15.6. The lowest BCUT2D eigenvalue weighted by Gasteiger charge is -2.53. The molecule has 456 valence electrons. The van der Waals surface area contributed by atoms with Gasteiger partial charge in [-0.05, 0) is 0 Å². The van der Waals surface area contributed by atoms with Crippen LogP contribution in [0.4, 0.5) is 0 Å². The van der Waals surface area contributed by atoms with Crippen LogP contribution in [0.2, 0.25) is 0 Å². The van der Waals surface area contributed by atoms with Crippen molar-refractivity contribution in [2.45, 2.75) is 184 Å². The van der Waals surface area contributed by atoms with Gasteiger partial charge in [-0.25, -0.2) is 0 Å². The summed E-state index contributed by atoms with van der Waals surface area (Å²) in [5.41, 5.74) is 0. The van der Waals surface area contributed by atoms with Crippen LogP contribution in [0.25, 0.3) is 0 Å². The van der Waals surface area contributed by atoms with E-state index in [1.807, 2.05) is 0 Å². The molecule has 22 saturated heterocycles. The van der Waals surface area contributed by atoms with Crippen molar-refractivity contribution in [1.29, 1.82) is 0 Å². The number of hydrogen-bond donors (Lipinski definition) is 6. The summed E-state index contributed by atoms with van der Waals surface area (Å²) >= 11 is 0. The minimum absolute atomic E-state index is 0.656. The Labute approximate surface area is 452 Å². The molecule has 0 unspecified atom stereocenters. The Bertz CT molecular complexity index is 1420. The number of rotatable bonds is 18. The van der Waals surface area contributed by atoms with Gasteiger partial charge in [0.15, 0.2) is 37.7 Å². The zero-order valence-corrected chi connectivity index (χ0v) is 46.0. The van der Waals surface area contributed by atoms with Gasteiger partial charge in [-0.3, -0.25) is 0 Å². The highest BCUT2D eigenvalue weighted by molar-refractivity contribution is 5.03. The number of aliphatic hydroxyl groups is 6. The molecule has 30 heteroatoms. The van der Waals surface area contributed by atoms with Gasteiger partial charge in [0, 0.05) is 85.3 Å². The van der Waals surface area contributed by atoms with E-state index >= 15 is 0 Å². The van der Waals surface area contributed by atoms with Crippen LogP contribution in [-0.2, 0) is 114 Å². The normalized spacial score (nSPS) is 48.7. The van der Waals surface area contributed by atoms with Gasteiger partial charge in [0.2, 0.25) is 0 Å². The monoisotopic (exact) mass is 1140 g/mol. The van der Waals surface area contributed by atoms with E-state index in [1.54, 1.807) is 0 Å². The van der Waals surface area contributed by atoms with Gasteiger partial charge in [-0.15, -0.1) is 0 Å². The van der Waals surface area contributed by atoms with Crippen LogP contribution in [0.3, 0.4) is 0 Å². The third kappa shape index (κ3) is 12.7. The molecule has 0 spiro atoms. The second kappa shape index (κ2) is 30.0. The molecule has 0 aromatic rings. The molecule has 0 radical (unpaired) electrons. The van der Waals surface area contributed by atoms with Crippen LogP contribution < -0.4 is 0 Å². The van der Waals surface area contributed by atoms with Crippen molar-refractivity contribution in [3.63, 3.8) is 0 Å². The Morgan fingerprint density at radius 2 is 0.308 bits per heavy atom. The summed E-state index contributed by atoms with van der Waals surface area (Å²) in [6.07, 6.45) is -35.9. The first-order chi connectivity index (χ1) is 37.9. The molecule has 22 heterocycles. The summed E-state index contributed by atoms with van der Waals surface area (Å²) in [5, 5.41) is 65.8. The molecule has 0 aromatic carbocycles. The highest BCUT2D eigenvalue weighted by atomic mass is 16.8. The minimum Gasteiger partial charge on any atom is -0.394 e. The molecule has 0 saturated carbocycles. The molecular formula is C48H84O30.